The molecule has 6 rings (SSSR count). The average molecular weight is 401 g/mol. The molecule has 1 aromatic heterocycles. The maximum Gasteiger partial charge on any atom is 0.0594 e. The van der Waals surface area contributed by atoms with Crippen molar-refractivity contribution >= 4 is 10.9 Å². The molecule has 0 radical (unpaired) electrons. The number of rotatable bonds is 2. The van der Waals surface area contributed by atoms with Crippen LogP contribution in [0.15, 0.2) is 48.5 Å². The monoisotopic (exact) mass is 400 g/mol. The van der Waals surface area contributed by atoms with Gasteiger partial charge in [0.25, 0.3) is 0 Å². The zero-order valence-electron chi connectivity index (χ0n) is 17.9. The summed E-state index contributed by atoms with van der Waals surface area (Å²) in [5.41, 5.74) is 7.59. The molecule has 3 heterocycles. The van der Waals surface area contributed by atoms with Crippen molar-refractivity contribution in [1.82, 2.24) is 9.47 Å². The topological polar surface area (TPSA) is 17.4 Å². The molecule has 1 saturated heterocycles. The van der Waals surface area contributed by atoms with E-state index in [-0.39, 0.29) is 0 Å². The summed E-state index contributed by atoms with van der Waals surface area (Å²) in [6.07, 6.45) is 7.98. The number of hydrogen-bond donors (Lipinski definition) is 0. The van der Waals surface area contributed by atoms with E-state index < -0.39 is 0 Å². The van der Waals surface area contributed by atoms with Crippen molar-refractivity contribution in [2.45, 2.75) is 57.0 Å². The summed E-state index contributed by atoms with van der Waals surface area (Å²) in [7, 11) is 0. The van der Waals surface area contributed by atoms with Gasteiger partial charge in [-0.05, 0) is 42.4 Å². The number of fused-ring (bicyclic) bond motifs is 5. The van der Waals surface area contributed by atoms with E-state index >= 15 is 0 Å². The number of hydrogen-bond acceptors (Lipinski definition) is 2. The first-order chi connectivity index (χ1) is 14.9. The molecule has 3 aromatic rings. The van der Waals surface area contributed by atoms with Gasteiger partial charge in [0.2, 0.25) is 0 Å². The highest BCUT2D eigenvalue weighted by Crippen LogP contribution is 2.46. The minimum absolute atomic E-state index is 0.534. The molecule has 1 saturated carbocycles. The molecular weight excluding hydrogens is 368 g/mol. The van der Waals surface area contributed by atoms with Crippen molar-refractivity contribution in [1.29, 1.82) is 0 Å². The quantitative estimate of drug-likeness (QED) is 0.556. The summed E-state index contributed by atoms with van der Waals surface area (Å²) in [4.78, 5) is 2.67. The number of nitrogens with zero attached hydrogens (tertiary/aromatic N) is 2. The second-order valence-corrected chi connectivity index (χ2v) is 9.39. The predicted molar refractivity (Wildman–Crippen MR) is 123 cm³/mol. The lowest BCUT2D eigenvalue weighted by Crippen LogP contribution is -2.46. The summed E-state index contributed by atoms with van der Waals surface area (Å²) in [5.74, 6) is 0.702. The molecule has 0 N–H and O–H groups in total. The molecule has 0 spiro atoms. The minimum atomic E-state index is 0.534. The lowest BCUT2D eigenvalue weighted by Gasteiger charge is -2.34. The van der Waals surface area contributed by atoms with Crippen LogP contribution in [0.3, 0.4) is 0 Å². The van der Waals surface area contributed by atoms with Crippen molar-refractivity contribution in [2.24, 2.45) is 0 Å². The van der Waals surface area contributed by atoms with E-state index in [9.17, 15) is 0 Å². The third-order valence-electron chi connectivity index (χ3n) is 7.71. The largest absolute Gasteiger partial charge is 0.379 e. The highest BCUT2D eigenvalue weighted by Gasteiger charge is 2.32. The zero-order chi connectivity index (χ0) is 19.9. The van der Waals surface area contributed by atoms with Gasteiger partial charge in [-0.15, -0.1) is 0 Å². The fraction of sp³-hybridized carbons (Fsp3) is 0.481. The Labute approximate surface area is 179 Å². The maximum atomic E-state index is 5.67. The van der Waals surface area contributed by atoms with Crippen molar-refractivity contribution in [3.05, 3.63) is 59.7 Å². The van der Waals surface area contributed by atoms with Crippen LogP contribution in [0.2, 0.25) is 0 Å². The van der Waals surface area contributed by atoms with Crippen LogP contribution in [0.25, 0.3) is 22.2 Å². The van der Waals surface area contributed by atoms with Crippen molar-refractivity contribution in [3.63, 3.8) is 0 Å². The van der Waals surface area contributed by atoms with Crippen molar-refractivity contribution < 1.29 is 4.74 Å². The SMILES string of the molecule is c1ccc2c(c1)CC(N1CCOCC1)Cn1c-2c(C2CCCCC2)c2ccccc21. The molecule has 1 aliphatic carbocycles. The molecule has 0 bridgehead atoms. The first-order valence-electron chi connectivity index (χ1n) is 11.9. The highest BCUT2D eigenvalue weighted by molar-refractivity contribution is 5.93. The van der Waals surface area contributed by atoms with Crippen molar-refractivity contribution in [3.8, 4) is 11.3 Å². The lowest BCUT2D eigenvalue weighted by atomic mass is 9.81. The molecule has 1 unspecified atom stereocenters. The van der Waals surface area contributed by atoms with Crippen LogP contribution in [0.1, 0.15) is 49.1 Å². The summed E-state index contributed by atoms with van der Waals surface area (Å²) in [5, 5.41) is 1.50. The van der Waals surface area contributed by atoms with Gasteiger partial charge in [0.15, 0.2) is 0 Å². The summed E-state index contributed by atoms with van der Waals surface area (Å²) in [6.45, 7) is 4.92. The fourth-order valence-electron chi connectivity index (χ4n) is 6.26. The second-order valence-electron chi connectivity index (χ2n) is 9.39. The van der Waals surface area contributed by atoms with Crippen LogP contribution in [-0.2, 0) is 17.7 Å². The van der Waals surface area contributed by atoms with Crippen LogP contribution in [0.4, 0.5) is 0 Å². The number of aromatic nitrogens is 1. The van der Waals surface area contributed by atoms with Crippen LogP contribution in [0.5, 0.6) is 0 Å². The third-order valence-corrected chi connectivity index (χ3v) is 7.71. The lowest BCUT2D eigenvalue weighted by molar-refractivity contribution is 0.0136. The molecule has 30 heavy (non-hydrogen) atoms. The van der Waals surface area contributed by atoms with E-state index in [1.165, 1.54) is 59.8 Å². The minimum Gasteiger partial charge on any atom is -0.379 e. The van der Waals surface area contributed by atoms with E-state index in [0.29, 0.717) is 12.0 Å². The first-order valence-corrected chi connectivity index (χ1v) is 11.9. The highest BCUT2D eigenvalue weighted by atomic mass is 16.5. The first kappa shape index (κ1) is 18.7. The molecular formula is C27H32N2O. The van der Waals surface area contributed by atoms with E-state index in [1.807, 2.05) is 0 Å². The number of benzene rings is 2. The Balaban J connectivity index is 1.57. The van der Waals surface area contributed by atoms with Gasteiger partial charge in [0, 0.05) is 42.1 Å². The predicted octanol–water partition coefficient (Wildman–Crippen LogP) is 5.61. The molecule has 2 aliphatic heterocycles. The van der Waals surface area contributed by atoms with Crippen LogP contribution in [-0.4, -0.2) is 41.8 Å². The molecule has 1 atom stereocenters. The van der Waals surface area contributed by atoms with Gasteiger partial charge in [-0.1, -0.05) is 61.7 Å². The summed E-state index contributed by atoms with van der Waals surface area (Å²) < 4.78 is 8.35. The Morgan fingerprint density at radius 3 is 2.47 bits per heavy atom. The molecule has 3 nitrogen and oxygen atoms in total. The normalized spacial score (nSPS) is 23.1. The Bertz CT molecular complexity index is 1040. The van der Waals surface area contributed by atoms with Gasteiger partial charge < -0.3 is 9.30 Å². The summed E-state index contributed by atoms with van der Waals surface area (Å²) in [6, 6.07) is 19.0. The molecule has 3 aliphatic rings. The third kappa shape index (κ3) is 3.11. The van der Waals surface area contributed by atoms with E-state index in [0.717, 1.165) is 39.3 Å². The van der Waals surface area contributed by atoms with Crippen LogP contribution in [0, 0.1) is 0 Å². The smallest absolute Gasteiger partial charge is 0.0594 e. The van der Waals surface area contributed by atoms with Gasteiger partial charge in [0.05, 0.1) is 18.9 Å². The zero-order valence-corrected chi connectivity index (χ0v) is 17.9. The Morgan fingerprint density at radius 2 is 1.60 bits per heavy atom. The Kier molecular flexibility index (Phi) is 4.89. The number of para-hydroxylation sites is 1. The van der Waals surface area contributed by atoms with Gasteiger partial charge >= 0.3 is 0 Å². The van der Waals surface area contributed by atoms with Gasteiger partial charge in [-0.25, -0.2) is 0 Å². The number of ether oxygens (including phenoxy) is 1. The van der Waals surface area contributed by atoms with Crippen LogP contribution < -0.4 is 0 Å². The molecule has 2 aromatic carbocycles. The molecule has 156 valence electrons. The Morgan fingerprint density at radius 1 is 0.833 bits per heavy atom. The van der Waals surface area contributed by atoms with Gasteiger partial charge in [-0.2, -0.15) is 0 Å². The average Bonchev–Trinajstić information content (AvgIpc) is 3.03. The van der Waals surface area contributed by atoms with E-state index in [4.69, 9.17) is 4.74 Å². The molecule has 0 amide bonds. The molecule has 3 heteroatoms. The summed E-state index contributed by atoms with van der Waals surface area (Å²) >= 11 is 0. The van der Waals surface area contributed by atoms with E-state index in [2.05, 4.69) is 58.0 Å². The molecule has 2 fully saturated rings. The second kappa shape index (κ2) is 7.86. The number of morpholine rings is 1. The van der Waals surface area contributed by atoms with Gasteiger partial charge in [-0.3, -0.25) is 4.90 Å². The maximum absolute atomic E-state index is 5.67. The Hall–Kier alpha value is -2.10. The van der Waals surface area contributed by atoms with Gasteiger partial charge in [0.1, 0.15) is 0 Å². The van der Waals surface area contributed by atoms with Crippen molar-refractivity contribution in [2.75, 3.05) is 26.3 Å². The standard InChI is InChI=1S/C27H32N2O/c1-2-8-20(9-3-1)26-24-12-6-7-13-25(24)29-19-22(28-14-16-30-17-15-28)18-21-10-4-5-11-23(21)27(26)29/h4-7,10-13,20,22H,1-3,8-9,14-19H2. The van der Waals surface area contributed by atoms with E-state index in [1.54, 1.807) is 5.56 Å². The fourth-order valence-corrected chi connectivity index (χ4v) is 6.26. The van der Waals surface area contributed by atoms with Crippen LogP contribution >= 0.6 is 0 Å².